The molecule has 2 N–H and O–H groups in total. The summed E-state index contributed by atoms with van der Waals surface area (Å²) < 4.78 is 43.5. The van der Waals surface area contributed by atoms with E-state index in [0.717, 1.165) is 0 Å². The predicted octanol–water partition coefficient (Wildman–Crippen LogP) is -0.765. The van der Waals surface area contributed by atoms with Crippen molar-refractivity contribution in [2.75, 3.05) is 61.1 Å². The number of carbonyl (C=O) groups excluding carboxylic acids is 2. The van der Waals surface area contributed by atoms with Gasteiger partial charge in [0.15, 0.2) is 11.5 Å². The van der Waals surface area contributed by atoms with Gasteiger partial charge in [-0.15, -0.1) is 0 Å². The highest BCUT2D eigenvalue weighted by Crippen LogP contribution is 2.31. The van der Waals surface area contributed by atoms with Crippen LogP contribution in [0.2, 0.25) is 0 Å². The molecule has 31 heavy (non-hydrogen) atoms. The maximum Gasteiger partial charge on any atom is 0.309 e. The third-order valence-electron chi connectivity index (χ3n) is 4.60. The monoisotopic (exact) mass is 458 g/mol. The van der Waals surface area contributed by atoms with Crippen LogP contribution in [0.4, 0.5) is 0 Å². The third kappa shape index (κ3) is 6.53. The van der Waals surface area contributed by atoms with Gasteiger partial charge in [-0.25, -0.2) is 8.42 Å². The summed E-state index contributed by atoms with van der Waals surface area (Å²) in [6.07, 6.45) is -0.437. The molecule has 0 aromatic heterocycles. The van der Waals surface area contributed by atoms with Gasteiger partial charge in [0.25, 0.3) is 0 Å². The molecular formula is C19H30N4O7S. The molecule has 1 aromatic rings. The van der Waals surface area contributed by atoms with Crippen molar-refractivity contribution in [1.29, 1.82) is 0 Å². The maximum absolute atomic E-state index is 13.2. The first-order valence-corrected chi connectivity index (χ1v) is 11.2. The second-order valence-corrected chi connectivity index (χ2v) is 8.97. The summed E-state index contributed by atoms with van der Waals surface area (Å²) in [4.78, 5) is 25.8. The Morgan fingerprint density at radius 3 is 2.48 bits per heavy atom. The number of sulfonamides is 1. The average Bonchev–Trinajstić information content (AvgIpc) is 2.76. The first-order valence-electron chi connectivity index (χ1n) is 9.77. The molecule has 174 valence electrons. The lowest BCUT2D eigenvalue weighted by molar-refractivity contribution is -0.140. The molecule has 2 rings (SSSR count). The summed E-state index contributed by atoms with van der Waals surface area (Å²) in [6.45, 7) is 1.30. The Balaban J connectivity index is 2.07. The molecule has 0 spiro atoms. The van der Waals surface area contributed by atoms with Crippen molar-refractivity contribution in [2.24, 2.45) is 0 Å². The number of nitrogens with one attached hydrogen (secondary N) is 2. The van der Waals surface area contributed by atoms with Gasteiger partial charge >= 0.3 is 11.8 Å². The van der Waals surface area contributed by atoms with E-state index >= 15 is 0 Å². The third-order valence-corrected chi connectivity index (χ3v) is 6.49. The van der Waals surface area contributed by atoms with Crippen molar-refractivity contribution in [1.82, 2.24) is 19.8 Å². The molecule has 1 aliphatic rings. The Morgan fingerprint density at radius 1 is 1.16 bits per heavy atom. The van der Waals surface area contributed by atoms with Crippen molar-refractivity contribution in [2.45, 2.75) is 17.5 Å². The number of likely N-dealkylation sites (N-methyl/N-ethyl adjacent to an activating group) is 1. The second-order valence-electron chi connectivity index (χ2n) is 7.08. The number of rotatable bonds is 9. The first-order chi connectivity index (χ1) is 14.7. The van der Waals surface area contributed by atoms with Crippen molar-refractivity contribution < 1.29 is 32.2 Å². The molecule has 1 aliphatic heterocycles. The van der Waals surface area contributed by atoms with Crippen molar-refractivity contribution in [3.8, 4) is 11.5 Å². The second kappa shape index (κ2) is 11.3. The number of carbonyl (C=O) groups is 2. The number of nitrogens with zero attached hydrogens (tertiary/aromatic N) is 2. The maximum atomic E-state index is 13.2. The lowest BCUT2D eigenvalue weighted by atomic mass is 10.3. The number of methoxy groups -OCH3 is 2. The van der Waals surface area contributed by atoms with Gasteiger partial charge in [-0.05, 0) is 32.6 Å². The van der Waals surface area contributed by atoms with Gasteiger partial charge in [-0.3, -0.25) is 9.59 Å². The van der Waals surface area contributed by atoms with E-state index < -0.39 is 28.1 Å². The Hall–Kier alpha value is -2.41. The summed E-state index contributed by atoms with van der Waals surface area (Å²) in [7, 11) is 2.62. The number of benzene rings is 1. The minimum atomic E-state index is -3.95. The number of amides is 2. The molecule has 0 radical (unpaired) electrons. The standard InChI is InChI=1S/C19H30N4O7S/c1-22(2)10-8-20-18(24)19(25)21-13-17-23(9-5-11-30-17)31(26,27)14-6-7-15(28-3)16(12-14)29-4/h6-7,12,17H,5,8-11,13H2,1-4H3,(H,20,24)(H,21,25)/t17-/m0/s1. The van der Waals surface area contributed by atoms with E-state index in [0.29, 0.717) is 31.9 Å². The number of ether oxygens (including phenoxy) is 3. The van der Waals surface area contributed by atoms with E-state index in [1.54, 1.807) is 0 Å². The van der Waals surface area contributed by atoms with Gasteiger partial charge in [-0.2, -0.15) is 4.31 Å². The molecule has 11 nitrogen and oxygen atoms in total. The van der Waals surface area contributed by atoms with Gasteiger partial charge in [0.05, 0.1) is 32.3 Å². The van der Waals surface area contributed by atoms with E-state index in [1.807, 2.05) is 19.0 Å². The van der Waals surface area contributed by atoms with Crippen molar-refractivity contribution in [3.05, 3.63) is 18.2 Å². The number of hydrogen-bond donors (Lipinski definition) is 2. The first kappa shape index (κ1) is 24.9. The fraction of sp³-hybridized carbons (Fsp3) is 0.579. The summed E-state index contributed by atoms with van der Waals surface area (Å²) in [6, 6.07) is 4.29. The topological polar surface area (TPSA) is 127 Å². The van der Waals surface area contributed by atoms with Gasteiger partial charge in [0.2, 0.25) is 10.0 Å². The quantitative estimate of drug-likeness (QED) is 0.462. The Kier molecular flexibility index (Phi) is 9.04. The highest BCUT2D eigenvalue weighted by Gasteiger charge is 2.35. The zero-order valence-corrected chi connectivity index (χ0v) is 19.0. The summed E-state index contributed by atoms with van der Waals surface area (Å²) in [5.74, 6) is -0.954. The lowest BCUT2D eigenvalue weighted by Crippen LogP contribution is -2.53. The molecule has 1 saturated heterocycles. The van der Waals surface area contributed by atoms with Crippen molar-refractivity contribution >= 4 is 21.8 Å². The number of hydrogen-bond acceptors (Lipinski definition) is 8. The molecule has 1 atom stereocenters. The largest absolute Gasteiger partial charge is 0.493 e. The van der Waals surface area contributed by atoms with E-state index in [1.165, 1.54) is 36.7 Å². The van der Waals surface area contributed by atoms with Crippen molar-refractivity contribution in [3.63, 3.8) is 0 Å². The SMILES string of the molecule is COc1ccc(S(=O)(=O)N2CCCO[C@H]2CNC(=O)C(=O)NCCN(C)C)cc1OC. The van der Waals surface area contributed by atoms with E-state index in [-0.39, 0.29) is 23.7 Å². The van der Waals surface area contributed by atoms with E-state index in [4.69, 9.17) is 14.2 Å². The zero-order valence-electron chi connectivity index (χ0n) is 18.2. The predicted molar refractivity (Wildman–Crippen MR) is 112 cm³/mol. The Bertz CT molecular complexity index is 876. The normalized spacial score (nSPS) is 17.3. The lowest BCUT2D eigenvalue weighted by Gasteiger charge is -2.34. The van der Waals surface area contributed by atoms with Crippen LogP contribution in [0.3, 0.4) is 0 Å². The van der Waals surface area contributed by atoms with Crippen LogP contribution in [0.1, 0.15) is 6.42 Å². The van der Waals surface area contributed by atoms with Crippen LogP contribution in [0, 0.1) is 0 Å². The van der Waals surface area contributed by atoms with Crippen LogP contribution in [-0.4, -0.2) is 96.8 Å². The Morgan fingerprint density at radius 2 is 1.84 bits per heavy atom. The Labute approximate surface area is 182 Å². The highest BCUT2D eigenvalue weighted by molar-refractivity contribution is 7.89. The summed E-state index contributed by atoms with van der Waals surface area (Å²) in [5, 5.41) is 4.95. The van der Waals surface area contributed by atoms with Crippen LogP contribution in [0.5, 0.6) is 11.5 Å². The zero-order chi connectivity index (χ0) is 23.0. The van der Waals surface area contributed by atoms with Gasteiger partial charge in [-0.1, -0.05) is 0 Å². The van der Waals surface area contributed by atoms with Crippen LogP contribution in [-0.2, 0) is 24.3 Å². The summed E-state index contributed by atoms with van der Waals surface area (Å²) >= 11 is 0. The molecule has 1 heterocycles. The molecule has 2 amide bonds. The van der Waals surface area contributed by atoms with Crippen LogP contribution < -0.4 is 20.1 Å². The highest BCUT2D eigenvalue weighted by atomic mass is 32.2. The van der Waals surface area contributed by atoms with Crippen LogP contribution in [0.25, 0.3) is 0 Å². The minimum Gasteiger partial charge on any atom is -0.493 e. The molecule has 0 aliphatic carbocycles. The molecule has 1 aromatic carbocycles. The van der Waals surface area contributed by atoms with Crippen LogP contribution in [0.15, 0.2) is 23.1 Å². The van der Waals surface area contributed by atoms with Gasteiger partial charge in [0.1, 0.15) is 6.23 Å². The van der Waals surface area contributed by atoms with Gasteiger partial charge in [0, 0.05) is 25.7 Å². The molecule has 0 bridgehead atoms. The van der Waals surface area contributed by atoms with Crippen LogP contribution >= 0.6 is 0 Å². The minimum absolute atomic E-state index is 0.00778. The fourth-order valence-corrected chi connectivity index (χ4v) is 4.53. The molecule has 0 unspecified atom stereocenters. The smallest absolute Gasteiger partial charge is 0.309 e. The molecule has 1 fully saturated rings. The molecular weight excluding hydrogens is 428 g/mol. The summed E-state index contributed by atoms with van der Waals surface area (Å²) in [5.41, 5.74) is 0. The van der Waals surface area contributed by atoms with Gasteiger partial charge < -0.3 is 29.7 Å². The van der Waals surface area contributed by atoms with E-state index in [9.17, 15) is 18.0 Å². The molecule has 12 heteroatoms. The fourth-order valence-electron chi connectivity index (χ4n) is 2.95. The van der Waals surface area contributed by atoms with E-state index in [2.05, 4.69) is 10.6 Å². The average molecular weight is 459 g/mol. The molecule has 0 saturated carbocycles.